The van der Waals surface area contributed by atoms with E-state index >= 15 is 0 Å². The zero-order chi connectivity index (χ0) is 16.5. The normalized spacial score (nSPS) is 10.2. The molecule has 23 heavy (non-hydrogen) atoms. The van der Waals surface area contributed by atoms with Crippen LogP contribution < -0.4 is 14.8 Å². The van der Waals surface area contributed by atoms with Crippen molar-refractivity contribution < 1.29 is 14.3 Å². The standard InChI is InChI=1S/C18H21NO3S/c1-14-4-3-5-17(12-14)22-10-11-23-13-18(20)19-15-6-8-16(21-2)9-7-15/h3-9,12H,10-11,13H2,1-2H3,(H,19,20). The first kappa shape index (κ1) is 17.2. The molecule has 0 aliphatic carbocycles. The number of aryl methyl sites for hydroxylation is 1. The molecule has 0 heterocycles. The number of carbonyl (C=O) groups excluding carboxylic acids is 1. The number of hydrogen-bond donors (Lipinski definition) is 1. The van der Waals surface area contributed by atoms with E-state index < -0.39 is 0 Å². The summed E-state index contributed by atoms with van der Waals surface area (Å²) in [6.07, 6.45) is 0. The van der Waals surface area contributed by atoms with Crippen LogP contribution in [0.15, 0.2) is 48.5 Å². The van der Waals surface area contributed by atoms with Crippen LogP contribution in [0, 0.1) is 6.92 Å². The van der Waals surface area contributed by atoms with E-state index in [1.165, 1.54) is 5.56 Å². The molecule has 0 aliphatic rings. The highest BCUT2D eigenvalue weighted by Crippen LogP contribution is 2.16. The third-order valence-electron chi connectivity index (χ3n) is 3.09. The van der Waals surface area contributed by atoms with Crippen molar-refractivity contribution in [2.75, 3.05) is 30.5 Å². The van der Waals surface area contributed by atoms with E-state index in [0.717, 1.165) is 22.9 Å². The SMILES string of the molecule is COc1ccc(NC(=O)CSCCOc2cccc(C)c2)cc1. The minimum Gasteiger partial charge on any atom is -0.497 e. The smallest absolute Gasteiger partial charge is 0.234 e. The molecule has 0 saturated heterocycles. The summed E-state index contributed by atoms with van der Waals surface area (Å²) in [4.78, 5) is 11.8. The summed E-state index contributed by atoms with van der Waals surface area (Å²) >= 11 is 1.55. The Bertz CT molecular complexity index is 628. The number of nitrogens with one attached hydrogen (secondary N) is 1. The number of hydrogen-bond acceptors (Lipinski definition) is 4. The highest BCUT2D eigenvalue weighted by molar-refractivity contribution is 7.99. The number of methoxy groups -OCH3 is 1. The van der Waals surface area contributed by atoms with Gasteiger partial charge in [0.25, 0.3) is 0 Å². The van der Waals surface area contributed by atoms with E-state index in [4.69, 9.17) is 9.47 Å². The molecule has 0 fully saturated rings. The summed E-state index contributed by atoms with van der Waals surface area (Å²) in [6.45, 7) is 2.62. The summed E-state index contributed by atoms with van der Waals surface area (Å²) in [5.41, 5.74) is 1.95. The van der Waals surface area contributed by atoms with E-state index in [9.17, 15) is 4.79 Å². The Morgan fingerprint density at radius 3 is 2.61 bits per heavy atom. The molecule has 1 N–H and O–H groups in total. The molecule has 2 rings (SSSR count). The van der Waals surface area contributed by atoms with Crippen LogP contribution in [0.4, 0.5) is 5.69 Å². The Morgan fingerprint density at radius 1 is 1.13 bits per heavy atom. The molecular formula is C18H21NO3S. The van der Waals surface area contributed by atoms with Crippen molar-refractivity contribution in [3.63, 3.8) is 0 Å². The van der Waals surface area contributed by atoms with E-state index in [1.54, 1.807) is 18.9 Å². The minimum absolute atomic E-state index is 0.0178. The molecule has 0 unspecified atom stereocenters. The van der Waals surface area contributed by atoms with E-state index in [2.05, 4.69) is 5.32 Å². The second kappa shape index (κ2) is 9.10. The summed E-state index contributed by atoms with van der Waals surface area (Å²) in [6, 6.07) is 15.2. The number of rotatable bonds is 8. The predicted octanol–water partition coefficient (Wildman–Crippen LogP) is 3.75. The number of benzene rings is 2. The first-order chi connectivity index (χ1) is 11.2. The van der Waals surface area contributed by atoms with Gasteiger partial charge in [0, 0.05) is 11.4 Å². The predicted molar refractivity (Wildman–Crippen MR) is 95.6 cm³/mol. The molecule has 0 aromatic heterocycles. The molecule has 0 radical (unpaired) electrons. The van der Waals surface area contributed by atoms with Gasteiger partial charge in [0.1, 0.15) is 11.5 Å². The fraction of sp³-hybridized carbons (Fsp3) is 0.278. The van der Waals surface area contributed by atoms with Gasteiger partial charge in [-0.2, -0.15) is 0 Å². The molecule has 5 heteroatoms. The summed E-state index contributed by atoms with van der Waals surface area (Å²) < 4.78 is 10.7. The zero-order valence-electron chi connectivity index (χ0n) is 13.4. The Labute approximate surface area is 141 Å². The molecule has 2 aromatic carbocycles. The Hall–Kier alpha value is -2.14. The summed E-state index contributed by atoms with van der Waals surface area (Å²) in [5.74, 6) is 2.79. The Morgan fingerprint density at radius 2 is 1.91 bits per heavy atom. The molecule has 0 atom stereocenters. The quantitative estimate of drug-likeness (QED) is 0.748. The van der Waals surface area contributed by atoms with Gasteiger partial charge in [-0.15, -0.1) is 11.8 Å². The molecule has 1 amide bonds. The van der Waals surface area contributed by atoms with Crippen molar-refractivity contribution in [1.29, 1.82) is 0 Å². The average molecular weight is 331 g/mol. The Balaban J connectivity index is 1.62. The van der Waals surface area contributed by atoms with Crippen LogP contribution in [0.1, 0.15) is 5.56 Å². The monoisotopic (exact) mass is 331 g/mol. The van der Waals surface area contributed by atoms with Crippen LogP contribution in [0.2, 0.25) is 0 Å². The topological polar surface area (TPSA) is 47.6 Å². The molecule has 0 aliphatic heterocycles. The number of amides is 1. The zero-order valence-corrected chi connectivity index (χ0v) is 14.2. The second-order valence-corrected chi connectivity index (χ2v) is 6.10. The third kappa shape index (κ3) is 6.24. The fourth-order valence-electron chi connectivity index (χ4n) is 1.96. The van der Waals surface area contributed by atoms with Crippen molar-refractivity contribution in [2.45, 2.75) is 6.92 Å². The lowest BCUT2D eigenvalue weighted by molar-refractivity contribution is -0.113. The van der Waals surface area contributed by atoms with Crippen LogP contribution >= 0.6 is 11.8 Å². The number of anilines is 1. The lowest BCUT2D eigenvalue weighted by atomic mass is 10.2. The molecule has 2 aromatic rings. The first-order valence-corrected chi connectivity index (χ1v) is 8.54. The Kier molecular flexibility index (Phi) is 6.81. The minimum atomic E-state index is -0.0178. The highest BCUT2D eigenvalue weighted by Gasteiger charge is 2.03. The number of carbonyl (C=O) groups is 1. The van der Waals surface area contributed by atoms with Gasteiger partial charge in [-0.3, -0.25) is 4.79 Å². The van der Waals surface area contributed by atoms with Crippen LogP contribution in [0.5, 0.6) is 11.5 Å². The molecule has 4 nitrogen and oxygen atoms in total. The maximum atomic E-state index is 11.8. The van der Waals surface area contributed by atoms with Gasteiger partial charge in [0.2, 0.25) is 5.91 Å². The van der Waals surface area contributed by atoms with E-state index in [-0.39, 0.29) is 5.91 Å². The lowest BCUT2D eigenvalue weighted by Gasteiger charge is -2.08. The fourth-order valence-corrected chi connectivity index (χ4v) is 2.56. The molecule has 0 bridgehead atoms. The summed E-state index contributed by atoms with van der Waals surface area (Å²) in [5, 5.41) is 2.85. The van der Waals surface area contributed by atoms with Gasteiger partial charge in [-0.25, -0.2) is 0 Å². The van der Waals surface area contributed by atoms with Crippen molar-refractivity contribution in [1.82, 2.24) is 0 Å². The lowest BCUT2D eigenvalue weighted by Crippen LogP contribution is -2.15. The first-order valence-electron chi connectivity index (χ1n) is 7.38. The van der Waals surface area contributed by atoms with Crippen molar-refractivity contribution in [2.24, 2.45) is 0 Å². The molecule has 122 valence electrons. The second-order valence-electron chi connectivity index (χ2n) is 4.99. The number of ether oxygens (including phenoxy) is 2. The van der Waals surface area contributed by atoms with Crippen molar-refractivity contribution in [3.05, 3.63) is 54.1 Å². The van der Waals surface area contributed by atoms with Crippen LogP contribution in [-0.2, 0) is 4.79 Å². The van der Waals surface area contributed by atoms with Crippen LogP contribution in [0.3, 0.4) is 0 Å². The average Bonchev–Trinajstić information content (AvgIpc) is 2.55. The molecular weight excluding hydrogens is 310 g/mol. The number of thioether (sulfide) groups is 1. The largest absolute Gasteiger partial charge is 0.497 e. The third-order valence-corrected chi connectivity index (χ3v) is 4.01. The molecule has 0 spiro atoms. The van der Waals surface area contributed by atoms with Gasteiger partial charge in [0.15, 0.2) is 0 Å². The highest BCUT2D eigenvalue weighted by atomic mass is 32.2. The van der Waals surface area contributed by atoms with Crippen molar-refractivity contribution in [3.8, 4) is 11.5 Å². The van der Waals surface area contributed by atoms with E-state index in [0.29, 0.717) is 12.4 Å². The van der Waals surface area contributed by atoms with Gasteiger partial charge < -0.3 is 14.8 Å². The maximum Gasteiger partial charge on any atom is 0.234 e. The maximum absolute atomic E-state index is 11.8. The molecule has 0 saturated carbocycles. The van der Waals surface area contributed by atoms with Crippen LogP contribution in [-0.4, -0.2) is 31.1 Å². The summed E-state index contributed by atoms with van der Waals surface area (Å²) in [7, 11) is 1.61. The van der Waals surface area contributed by atoms with Gasteiger partial charge >= 0.3 is 0 Å². The van der Waals surface area contributed by atoms with Gasteiger partial charge in [-0.05, 0) is 48.9 Å². The van der Waals surface area contributed by atoms with Gasteiger partial charge in [-0.1, -0.05) is 12.1 Å². The van der Waals surface area contributed by atoms with Crippen molar-refractivity contribution >= 4 is 23.4 Å². The van der Waals surface area contributed by atoms with Crippen LogP contribution in [0.25, 0.3) is 0 Å². The van der Waals surface area contributed by atoms with Gasteiger partial charge in [0.05, 0.1) is 19.5 Å². The van der Waals surface area contributed by atoms with E-state index in [1.807, 2.05) is 55.5 Å².